The fraction of sp³-hybridized carbons (Fsp3) is 0.438. The second kappa shape index (κ2) is 6.46. The summed E-state index contributed by atoms with van der Waals surface area (Å²) in [5.74, 6) is -0.0389. The Morgan fingerprint density at radius 3 is 2.50 bits per heavy atom. The van der Waals surface area contributed by atoms with Crippen LogP contribution in [0.3, 0.4) is 0 Å². The molecule has 1 aromatic carbocycles. The Bertz CT molecular complexity index is 622. The molecule has 2 rings (SSSR count). The monoisotopic (exact) mass is 271 g/mol. The van der Waals surface area contributed by atoms with Crippen LogP contribution in [-0.2, 0) is 0 Å². The summed E-state index contributed by atoms with van der Waals surface area (Å²) in [5.41, 5.74) is 4.07. The molecule has 4 heteroatoms. The topological polar surface area (TPSA) is 54.9 Å². The van der Waals surface area contributed by atoms with Crippen LogP contribution >= 0.6 is 0 Å². The Balaban J connectivity index is 2.14. The van der Waals surface area contributed by atoms with Gasteiger partial charge in [0.1, 0.15) is 0 Å². The normalized spacial score (nSPS) is 10.8. The molecule has 0 unspecified atom stereocenters. The third kappa shape index (κ3) is 3.32. The largest absolute Gasteiger partial charge is 0.352 e. The Labute approximate surface area is 119 Å². The van der Waals surface area contributed by atoms with Crippen LogP contribution in [0.5, 0.6) is 0 Å². The van der Waals surface area contributed by atoms with Crippen LogP contribution in [0.25, 0.3) is 11.0 Å². The summed E-state index contributed by atoms with van der Waals surface area (Å²) in [6, 6.07) is 5.47. The summed E-state index contributed by atoms with van der Waals surface area (Å²) in [6.45, 7) is 6.74. The van der Waals surface area contributed by atoms with Crippen LogP contribution in [-0.4, -0.2) is 22.4 Å². The van der Waals surface area contributed by atoms with Crippen LogP contribution in [0.2, 0.25) is 0 Å². The Kier molecular flexibility index (Phi) is 4.66. The summed E-state index contributed by atoms with van der Waals surface area (Å²) in [7, 11) is 0. The van der Waals surface area contributed by atoms with Crippen molar-refractivity contribution in [3.63, 3.8) is 0 Å². The first-order valence-corrected chi connectivity index (χ1v) is 7.15. The molecule has 1 aromatic heterocycles. The molecule has 1 amide bonds. The lowest BCUT2D eigenvalue weighted by Crippen LogP contribution is -2.24. The van der Waals surface area contributed by atoms with Gasteiger partial charge < -0.3 is 5.32 Å². The van der Waals surface area contributed by atoms with Gasteiger partial charge in [-0.25, -0.2) is 9.97 Å². The molecule has 4 nitrogen and oxygen atoms in total. The van der Waals surface area contributed by atoms with E-state index in [-0.39, 0.29) is 5.91 Å². The molecular formula is C16H21N3O. The van der Waals surface area contributed by atoms with Crippen molar-refractivity contribution in [2.24, 2.45) is 0 Å². The maximum absolute atomic E-state index is 12.0. The number of fused-ring (bicyclic) bond motifs is 1. The number of amides is 1. The first kappa shape index (κ1) is 14.4. The predicted molar refractivity (Wildman–Crippen MR) is 80.9 cm³/mol. The van der Waals surface area contributed by atoms with Crippen LogP contribution in [0.4, 0.5) is 0 Å². The lowest BCUT2D eigenvalue weighted by atomic mass is 10.1. The van der Waals surface area contributed by atoms with Crippen molar-refractivity contribution in [2.75, 3.05) is 6.54 Å². The SMILES string of the molecule is CCCCCNC(=O)c1ccc2nc(C)c(C)nc2c1. The quantitative estimate of drug-likeness (QED) is 0.850. The van der Waals surface area contributed by atoms with Gasteiger partial charge in [-0.3, -0.25) is 4.79 Å². The standard InChI is InChI=1S/C16H21N3O/c1-4-5-6-9-17-16(20)13-7-8-14-15(10-13)19-12(3)11(2)18-14/h7-8,10H,4-6,9H2,1-3H3,(H,17,20). The lowest BCUT2D eigenvalue weighted by Gasteiger charge is -2.06. The van der Waals surface area contributed by atoms with E-state index >= 15 is 0 Å². The number of aryl methyl sites for hydroxylation is 2. The molecule has 1 N–H and O–H groups in total. The van der Waals surface area contributed by atoms with Gasteiger partial charge in [-0.15, -0.1) is 0 Å². The van der Waals surface area contributed by atoms with E-state index in [0.29, 0.717) is 5.56 Å². The minimum absolute atomic E-state index is 0.0389. The minimum atomic E-state index is -0.0389. The highest BCUT2D eigenvalue weighted by atomic mass is 16.1. The minimum Gasteiger partial charge on any atom is -0.352 e. The smallest absolute Gasteiger partial charge is 0.251 e. The number of carbonyl (C=O) groups is 1. The third-order valence-corrected chi connectivity index (χ3v) is 3.40. The summed E-state index contributed by atoms with van der Waals surface area (Å²) in [6.07, 6.45) is 3.32. The fourth-order valence-corrected chi connectivity index (χ4v) is 2.05. The zero-order valence-electron chi connectivity index (χ0n) is 12.4. The van der Waals surface area contributed by atoms with Crippen LogP contribution in [0, 0.1) is 13.8 Å². The summed E-state index contributed by atoms with van der Waals surface area (Å²) >= 11 is 0. The van der Waals surface area contributed by atoms with E-state index in [1.54, 1.807) is 6.07 Å². The molecule has 0 aliphatic heterocycles. The lowest BCUT2D eigenvalue weighted by molar-refractivity contribution is 0.0953. The maximum atomic E-state index is 12.0. The van der Waals surface area contributed by atoms with E-state index in [2.05, 4.69) is 22.2 Å². The molecule has 0 aliphatic rings. The third-order valence-electron chi connectivity index (χ3n) is 3.40. The molecule has 0 bridgehead atoms. The van der Waals surface area contributed by atoms with Gasteiger partial charge in [-0.1, -0.05) is 19.8 Å². The fourth-order valence-electron chi connectivity index (χ4n) is 2.05. The molecule has 0 saturated heterocycles. The molecule has 0 spiro atoms. The van der Waals surface area contributed by atoms with Gasteiger partial charge in [0.15, 0.2) is 0 Å². The Morgan fingerprint density at radius 2 is 1.80 bits per heavy atom. The molecule has 106 valence electrons. The van der Waals surface area contributed by atoms with Gasteiger partial charge in [0, 0.05) is 12.1 Å². The van der Waals surface area contributed by atoms with Crippen molar-refractivity contribution in [2.45, 2.75) is 40.0 Å². The molecule has 1 heterocycles. The first-order chi connectivity index (χ1) is 9.61. The van der Waals surface area contributed by atoms with E-state index in [4.69, 9.17) is 0 Å². The molecule has 20 heavy (non-hydrogen) atoms. The number of unbranched alkanes of at least 4 members (excludes halogenated alkanes) is 2. The van der Waals surface area contributed by atoms with E-state index in [9.17, 15) is 4.79 Å². The summed E-state index contributed by atoms with van der Waals surface area (Å²) < 4.78 is 0. The Hall–Kier alpha value is -1.97. The van der Waals surface area contributed by atoms with Gasteiger partial charge in [0.2, 0.25) is 0 Å². The zero-order valence-corrected chi connectivity index (χ0v) is 12.4. The van der Waals surface area contributed by atoms with Crippen molar-refractivity contribution in [1.29, 1.82) is 0 Å². The average Bonchev–Trinajstić information content (AvgIpc) is 2.44. The van der Waals surface area contributed by atoms with E-state index in [0.717, 1.165) is 48.2 Å². The molecule has 0 saturated carbocycles. The molecular weight excluding hydrogens is 250 g/mol. The number of benzene rings is 1. The first-order valence-electron chi connectivity index (χ1n) is 7.15. The number of hydrogen-bond donors (Lipinski definition) is 1. The number of nitrogens with zero attached hydrogens (tertiary/aromatic N) is 2. The summed E-state index contributed by atoms with van der Waals surface area (Å²) in [4.78, 5) is 21.0. The van der Waals surface area contributed by atoms with Crippen molar-refractivity contribution in [3.8, 4) is 0 Å². The average molecular weight is 271 g/mol. The maximum Gasteiger partial charge on any atom is 0.251 e. The highest BCUT2D eigenvalue weighted by molar-refractivity contribution is 5.97. The number of aromatic nitrogens is 2. The highest BCUT2D eigenvalue weighted by Gasteiger charge is 2.08. The number of rotatable bonds is 5. The van der Waals surface area contributed by atoms with Gasteiger partial charge in [-0.2, -0.15) is 0 Å². The van der Waals surface area contributed by atoms with Gasteiger partial charge in [0.25, 0.3) is 5.91 Å². The van der Waals surface area contributed by atoms with E-state index in [1.807, 2.05) is 26.0 Å². The zero-order chi connectivity index (χ0) is 14.5. The van der Waals surface area contributed by atoms with Crippen molar-refractivity contribution < 1.29 is 4.79 Å². The van der Waals surface area contributed by atoms with E-state index < -0.39 is 0 Å². The number of nitrogens with one attached hydrogen (secondary N) is 1. The van der Waals surface area contributed by atoms with Crippen LogP contribution in [0.15, 0.2) is 18.2 Å². The van der Waals surface area contributed by atoms with Crippen molar-refractivity contribution in [3.05, 3.63) is 35.2 Å². The summed E-state index contributed by atoms with van der Waals surface area (Å²) in [5, 5.41) is 2.94. The number of carbonyl (C=O) groups excluding carboxylic acids is 1. The molecule has 0 fully saturated rings. The van der Waals surface area contributed by atoms with E-state index in [1.165, 1.54) is 0 Å². The van der Waals surface area contributed by atoms with Crippen LogP contribution < -0.4 is 5.32 Å². The van der Waals surface area contributed by atoms with Gasteiger partial charge in [-0.05, 0) is 38.5 Å². The van der Waals surface area contributed by atoms with Gasteiger partial charge in [0.05, 0.1) is 22.4 Å². The Morgan fingerprint density at radius 1 is 1.10 bits per heavy atom. The second-order valence-electron chi connectivity index (χ2n) is 5.06. The number of hydrogen-bond acceptors (Lipinski definition) is 3. The van der Waals surface area contributed by atoms with Crippen molar-refractivity contribution >= 4 is 16.9 Å². The van der Waals surface area contributed by atoms with Gasteiger partial charge >= 0.3 is 0 Å². The molecule has 0 atom stereocenters. The van der Waals surface area contributed by atoms with Crippen LogP contribution in [0.1, 0.15) is 47.9 Å². The molecule has 0 radical (unpaired) electrons. The second-order valence-corrected chi connectivity index (χ2v) is 5.06. The molecule has 0 aliphatic carbocycles. The predicted octanol–water partition coefficient (Wildman–Crippen LogP) is 3.17. The highest BCUT2D eigenvalue weighted by Crippen LogP contribution is 2.14. The van der Waals surface area contributed by atoms with Crippen molar-refractivity contribution in [1.82, 2.24) is 15.3 Å². The molecule has 2 aromatic rings.